The SMILES string of the molecule is Cl.NC/C=C(\F)Cn1cnc2c(-c3cccc(F)c3)cc(C(F)(F)F)cc21. The summed E-state index contributed by atoms with van der Waals surface area (Å²) in [6, 6.07) is 7.04. The zero-order valence-electron chi connectivity index (χ0n) is 13.8. The molecule has 2 N–H and O–H groups in total. The number of imidazole rings is 1. The van der Waals surface area contributed by atoms with Gasteiger partial charge in [0.25, 0.3) is 0 Å². The fraction of sp³-hybridized carbons (Fsp3) is 0.167. The lowest BCUT2D eigenvalue weighted by Gasteiger charge is -2.12. The van der Waals surface area contributed by atoms with Crippen LogP contribution >= 0.6 is 12.4 Å². The number of benzene rings is 2. The van der Waals surface area contributed by atoms with Crippen LogP contribution in [0.2, 0.25) is 0 Å². The first-order valence-corrected chi connectivity index (χ1v) is 7.66. The van der Waals surface area contributed by atoms with Crippen molar-refractivity contribution in [2.24, 2.45) is 5.73 Å². The summed E-state index contributed by atoms with van der Waals surface area (Å²) in [6.45, 7) is -0.321. The normalized spacial score (nSPS) is 12.3. The highest BCUT2D eigenvalue weighted by molar-refractivity contribution is 5.93. The van der Waals surface area contributed by atoms with Gasteiger partial charge in [-0.3, -0.25) is 0 Å². The number of halogens is 6. The van der Waals surface area contributed by atoms with Gasteiger partial charge in [-0.2, -0.15) is 13.2 Å². The number of fused-ring (bicyclic) bond motifs is 1. The van der Waals surface area contributed by atoms with Gasteiger partial charge < -0.3 is 10.3 Å². The molecule has 0 saturated heterocycles. The van der Waals surface area contributed by atoms with Gasteiger partial charge in [0, 0.05) is 12.1 Å². The van der Waals surface area contributed by atoms with Gasteiger partial charge in [0.2, 0.25) is 0 Å². The zero-order valence-corrected chi connectivity index (χ0v) is 14.6. The summed E-state index contributed by atoms with van der Waals surface area (Å²) < 4.78 is 68.5. The average molecular weight is 404 g/mol. The molecule has 3 aromatic rings. The number of hydrogen-bond donors (Lipinski definition) is 1. The van der Waals surface area contributed by atoms with E-state index >= 15 is 0 Å². The molecular formula is C18H15ClF5N3. The molecule has 0 aliphatic heterocycles. The molecule has 2 aromatic carbocycles. The molecule has 0 fully saturated rings. The molecule has 0 spiro atoms. The van der Waals surface area contributed by atoms with Crippen molar-refractivity contribution < 1.29 is 22.0 Å². The molecule has 0 amide bonds. The zero-order chi connectivity index (χ0) is 18.9. The van der Waals surface area contributed by atoms with E-state index in [1.165, 1.54) is 29.1 Å². The molecule has 1 aromatic heterocycles. The van der Waals surface area contributed by atoms with Crippen LogP contribution in [0.15, 0.2) is 54.6 Å². The highest BCUT2D eigenvalue weighted by atomic mass is 35.5. The third-order valence-corrected chi connectivity index (χ3v) is 3.85. The Morgan fingerprint density at radius 2 is 1.93 bits per heavy atom. The summed E-state index contributed by atoms with van der Waals surface area (Å²) in [5.74, 6) is -1.17. The molecule has 0 bridgehead atoms. The summed E-state index contributed by atoms with van der Waals surface area (Å²) >= 11 is 0. The maximum atomic E-state index is 13.8. The van der Waals surface area contributed by atoms with E-state index in [1.807, 2.05) is 0 Å². The lowest BCUT2D eigenvalue weighted by atomic mass is 10.0. The first kappa shape index (κ1) is 20.9. The third-order valence-electron chi connectivity index (χ3n) is 3.85. The molecule has 0 saturated carbocycles. The number of alkyl halides is 3. The van der Waals surface area contributed by atoms with Gasteiger partial charge in [0.05, 0.1) is 29.5 Å². The highest BCUT2D eigenvalue weighted by Gasteiger charge is 2.32. The van der Waals surface area contributed by atoms with E-state index in [4.69, 9.17) is 5.73 Å². The maximum absolute atomic E-state index is 13.8. The van der Waals surface area contributed by atoms with E-state index in [0.29, 0.717) is 0 Å². The van der Waals surface area contributed by atoms with Crippen LogP contribution in [0.4, 0.5) is 22.0 Å². The van der Waals surface area contributed by atoms with Crippen molar-refractivity contribution in [1.82, 2.24) is 9.55 Å². The predicted octanol–water partition coefficient (Wildman–Crippen LogP) is 5.10. The fourth-order valence-corrected chi connectivity index (χ4v) is 2.68. The minimum atomic E-state index is -4.61. The summed E-state index contributed by atoms with van der Waals surface area (Å²) in [6.07, 6.45) is -2.23. The van der Waals surface area contributed by atoms with Crippen LogP contribution < -0.4 is 5.73 Å². The van der Waals surface area contributed by atoms with Crippen molar-refractivity contribution in [2.45, 2.75) is 12.7 Å². The van der Waals surface area contributed by atoms with E-state index in [9.17, 15) is 22.0 Å². The fourth-order valence-electron chi connectivity index (χ4n) is 2.68. The van der Waals surface area contributed by atoms with Gasteiger partial charge >= 0.3 is 6.18 Å². The summed E-state index contributed by atoms with van der Waals surface area (Å²) in [4.78, 5) is 4.11. The number of nitrogens with two attached hydrogens (primary N) is 1. The minimum Gasteiger partial charge on any atom is -0.327 e. The molecule has 1 heterocycles. The smallest absolute Gasteiger partial charge is 0.327 e. The van der Waals surface area contributed by atoms with Crippen LogP contribution in [0.1, 0.15) is 5.56 Å². The van der Waals surface area contributed by atoms with Gasteiger partial charge in [-0.1, -0.05) is 12.1 Å². The van der Waals surface area contributed by atoms with Crippen LogP contribution in [-0.2, 0) is 12.7 Å². The quantitative estimate of drug-likeness (QED) is 0.616. The lowest BCUT2D eigenvalue weighted by molar-refractivity contribution is -0.137. The molecule has 0 aliphatic rings. The average Bonchev–Trinajstić information content (AvgIpc) is 2.96. The Kier molecular flexibility index (Phi) is 6.22. The molecule has 0 radical (unpaired) electrons. The van der Waals surface area contributed by atoms with Crippen molar-refractivity contribution >= 4 is 23.4 Å². The second-order valence-corrected chi connectivity index (χ2v) is 5.66. The van der Waals surface area contributed by atoms with E-state index in [-0.39, 0.29) is 47.7 Å². The summed E-state index contributed by atoms with van der Waals surface area (Å²) in [5, 5.41) is 0. The van der Waals surface area contributed by atoms with Crippen molar-refractivity contribution in [3.8, 4) is 11.1 Å². The molecular weight excluding hydrogens is 389 g/mol. The van der Waals surface area contributed by atoms with E-state index < -0.39 is 23.4 Å². The second-order valence-electron chi connectivity index (χ2n) is 5.66. The van der Waals surface area contributed by atoms with Gasteiger partial charge in [-0.25, -0.2) is 13.8 Å². The number of hydrogen-bond acceptors (Lipinski definition) is 2. The molecule has 27 heavy (non-hydrogen) atoms. The number of allylic oxidation sites excluding steroid dienone is 1. The largest absolute Gasteiger partial charge is 0.416 e. The van der Waals surface area contributed by atoms with Gasteiger partial charge in [0.15, 0.2) is 0 Å². The highest BCUT2D eigenvalue weighted by Crippen LogP contribution is 2.37. The molecule has 0 atom stereocenters. The van der Waals surface area contributed by atoms with Crippen LogP contribution in [0, 0.1) is 5.82 Å². The monoisotopic (exact) mass is 403 g/mol. The van der Waals surface area contributed by atoms with E-state index in [2.05, 4.69) is 4.98 Å². The molecule has 0 unspecified atom stereocenters. The van der Waals surface area contributed by atoms with E-state index in [1.54, 1.807) is 0 Å². The van der Waals surface area contributed by atoms with Crippen LogP contribution in [-0.4, -0.2) is 16.1 Å². The Bertz CT molecular complexity index is 979. The molecule has 144 valence electrons. The Hall–Kier alpha value is -2.45. The maximum Gasteiger partial charge on any atom is 0.416 e. The second kappa shape index (κ2) is 8.06. The first-order chi connectivity index (χ1) is 12.3. The standard InChI is InChI=1S/C18H14F5N3.ClH/c19-13-3-1-2-11(6-13)15-7-12(18(21,22)23)8-16-17(15)25-10-26(16)9-14(20)4-5-24;/h1-4,6-8,10H,5,9,24H2;1H/b14-4-;. The van der Waals surface area contributed by atoms with Gasteiger partial charge in [-0.05, 0) is 35.9 Å². The third kappa shape index (κ3) is 4.45. The lowest BCUT2D eigenvalue weighted by Crippen LogP contribution is -2.06. The number of nitrogens with zero attached hydrogens (tertiary/aromatic N) is 2. The first-order valence-electron chi connectivity index (χ1n) is 7.66. The van der Waals surface area contributed by atoms with Crippen molar-refractivity contribution in [1.29, 1.82) is 0 Å². The van der Waals surface area contributed by atoms with Crippen LogP contribution in [0.3, 0.4) is 0 Å². The Morgan fingerprint density at radius 1 is 1.19 bits per heavy atom. The predicted molar refractivity (Wildman–Crippen MR) is 95.6 cm³/mol. The van der Waals surface area contributed by atoms with Gasteiger partial charge in [0.1, 0.15) is 11.6 Å². The number of rotatable bonds is 4. The van der Waals surface area contributed by atoms with Crippen molar-refractivity contribution in [2.75, 3.05) is 6.54 Å². The van der Waals surface area contributed by atoms with Crippen LogP contribution in [0.25, 0.3) is 22.2 Å². The van der Waals surface area contributed by atoms with Crippen molar-refractivity contribution in [3.63, 3.8) is 0 Å². The minimum absolute atomic E-state index is 0. The Balaban J connectivity index is 0.00000261. The molecule has 3 rings (SSSR count). The van der Waals surface area contributed by atoms with Gasteiger partial charge in [-0.15, -0.1) is 12.4 Å². The Morgan fingerprint density at radius 3 is 2.56 bits per heavy atom. The Labute approximate surface area is 157 Å². The summed E-state index contributed by atoms with van der Waals surface area (Å²) in [5.41, 5.74) is 5.02. The molecule has 9 heteroatoms. The molecule has 3 nitrogen and oxygen atoms in total. The molecule has 0 aliphatic carbocycles. The van der Waals surface area contributed by atoms with Crippen molar-refractivity contribution in [3.05, 3.63) is 66.0 Å². The van der Waals surface area contributed by atoms with E-state index in [0.717, 1.165) is 24.3 Å². The summed E-state index contributed by atoms with van der Waals surface area (Å²) in [7, 11) is 0. The number of aromatic nitrogens is 2. The topological polar surface area (TPSA) is 43.8 Å². The van der Waals surface area contributed by atoms with Crippen LogP contribution in [0.5, 0.6) is 0 Å².